The summed E-state index contributed by atoms with van der Waals surface area (Å²) in [6, 6.07) is 4.67. The van der Waals surface area contributed by atoms with E-state index in [9.17, 15) is 8.78 Å². The molecule has 0 amide bonds. The first-order chi connectivity index (χ1) is 10.1. The molecule has 2 rings (SSSR count). The molecule has 0 bridgehead atoms. The van der Waals surface area contributed by atoms with E-state index in [0.29, 0.717) is 6.04 Å². The zero-order valence-electron chi connectivity index (χ0n) is 13.0. The molecule has 2 nitrogen and oxygen atoms in total. The largest absolute Gasteiger partial charge is 0.307 e. The van der Waals surface area contributed by atoms with Crippen molar-refractivity contribution < 1.29 is 8.78 Å². The molecular formula is C17H26F2N2. The van der Waals surface area contributed by atoms with E-state index in [4.69, 9.17) is 0 Å². The first-order valence-electron chi connectivity index (χ1n) is 8.03. The summed E-state index contributed by atoms with van der Waals surface area (Å²) in [6.07, 6.45) is 4.66. The predicted octanol–water partition coefficient (Wildman–Crippen LogP) is 3.88. The molecule has 0 spiro atoms. The third kappa shape index (κ3) is 4.75. The minimum absolute atomic E-state index is 0.0443. The first kappa shape index (κ1) is 16.4. The van der Waals surface area contributed by atoms with Crippen molar-refractivity contribution >= 4 is 0 Å². The lowest BCUT2D eigenvalue weighted by Gasteiger charge is -2.23. The molecule has 118 valence electrons. The highest BCUT2D eigenvalue weighted by Gasteiger charge is 2.19. The SMILES string of the molecule is CCCN1CCCC(NC(C)c2ccc(F)c(F)c2)CC1. The van der Waals surface area contributed by atoms with E-state index in [-0.39, 0.29) is 6.04 Å². The maximum absolute atomic E-state index is 13.3. The molecule has 1 heterocycles. The van der Waals surface area contributed by atoms with Crippen molar-refractivity contribution in [1.82, 2.24) is 10.2 Å². The molecule has 1 aromatic rings. The maximum atomic E-state index is 13.3. The lowest BCUT2D eigenvalue weighted by molar-refractivity contribution is 0.281. The molecule has 1 aromatic carbocycles. The number of benzene rings is 1. The van der Waals surface area contributed by atoms with Gasteiger partial charge in [0, 0.05) is 12.1 Å². The molecule has 0 saturated carbocycles. The Hall–Kier alpha value is -1.00. The van der Waals surface area contributed by atoms with Gasteiger partial charge in [-0.1, -0.05) is 13.0 Å². The molecule has 0 radical (unpaired) electrons. The molecule has 0 aromatic heterocycles. The van der Waals surface area contributed by atoms with Gasteiger partial charge >= 0.3 is 0 Å². The van der Waals surface area contributed by atoms with Gasteiger partial charge in [-0.05, 0) is 69.9 Å². The maximum Gasteiger partial charge on any atom is 0.159 e. The Morgan fingerprint density at radius 2 is 2.05 bits per heavy atom. The van der Waals surface area contributed by atoms with Gasteiger partial charge in [-0.2, -0.15) is 0 Å². The summed E-state index contributed by atoms with van der Waals surface area (Å²) in [5, 5.41) is 3.57. The highest BCUT2D eigenvalue weighted by Crippen LogP contribution is 2.19. The summed E-state index contributed by atoms with van der Waals surface area (Å²) in [6.45, 7) is 7.69. The van der Waals surface area contributed by atoms with Crippen LogP contribution in [0.1, 0.15) is 51.1 Å². The summed E-state index contributed by atoms with van der Waals surface area (Å²) < 4.78 is 26.3. The van der Waals surface area contributed by atoms with E-state index in [0.717, 1.165) is 24.9 Å². The highest BCUT2D eigenvalue weighted by molar-refractivity contribution is 5.20. The fraction of sp³-hybridized carbons (Fsp3) is 0.647. The number of rotatable bonds is 5. The van der Waals surface area contributed by atoms with Crippen LogP contribution in [-0.2, 0) is 0 Å². The molecule has 1 aliphatic heterocycles. The molecule has 2 atom stereocenters. The van der Waals surface area contributed by atoms with Crippen molar-refractivity contribution in [2.45, 2.75) is 51.6 Å². The van der Waals surface area contributed by atoms with Crippen LogP contribution in [0.2, 0.25) is 0 Å². The molecule has 1 N–H and O–H groups in total. The Labute approximate surface area is 126 Å². The van der Waals surface area contributed by atoms with E-state index >= 15 is 0 Å². The smallest absolute Gasteiger partial charge is 0.159 e. The van der Waals surface area contributed by atoms with E-state index in [2.05, 4.69) is 17.1 Å². The second-order valence-electron chi connectivity index (χ2n) is 6.03. The lowest BCUT2D eigenvalue weighted by atomic mass is 10.0. The molecule has 1 aliphatic rings. The van der Waals surface area contributed by atoms with Gasteiger partial charge in [0.15, 0.2) is 11.6 Å². The van der Waals surface area contributed by atoms with Crippen molar-refractivity contribution in [2.24, 2.45) is 0 Å². The second-order valence-corrected chi connectivity index (χ2v) is 6.03. The summed E-state index contributed by atoms with van der Waals surface area (Å²) in [5.41, 5.74) is 0.809. The Balaban J connectivity index is 1.90. The molecular weight excluding hydrogens is 270 g/mol. The van der Waals surface area contributed by atoms with Crippen LogP contribution in [0.25, 0.3) is 0 Å². The van der Waals surface area contributed by atoms with Crippen LogP contribution in [0.15, 0.2) is 18.2 Å². The van der Waals surface area contributed by atoms with E-state index in [1.165, 1.54) is 38.1 Å². The minimum Gasteiger partial charge on any atom is -0.307 e. The Morgan fingerprint density at radius 3 is 2.76 bits per heavy atom. The van der Waals surface area contributed by atoms with Crippen molar-refractivity contribution in [3.8, 4) is 0 Å². The van der Waals surface area contributed by atoms with E-state index in [1.54, 1.807) is 6.07 Å². The van der Waals surface area contributed by atoms with Gasteiger partial charge in [0.1, 0.15) is 0 Å². The van der Waals surface area contributed by atoms with Crippen molar-refractivity contribution in [1.29, 1.82) is 0 Å². The average molecular weight is 296 g/mol. The monoisotopic (exact) mass is 296 g/mol. The summed E-state index contributed by atoms with van der Waals surface area (Å²) in [7, 11) is 0. The van der Waals surface area contributed by atoms with Gasteiger partial charge < -0.3 is 10.2 Å². The third-order valence-electron chi connectivity index (χ3n) is 4.29. The van der Waals surface area contributed by atoms with Crippen LogP contribution in [0.4, 0.5) is 8.78 Å². The Morgan fingerprint density at radius 1 is 1.24 bits per heavy atom. The van der Waals surface area contributed by atoms with Gasteiger partial charge in [0.05, 0.1) is 0 Å². The summed E-state index contributed by atoms with van der Waals surface area (Å²) in [4.78, 5) is 2.52. The van der Waals surface area contributed by atoms with Crippen LogP contribution in [0.5, 0.6) is 0 Å². The minimum atomic E-state index is -0.782. The molecule has 2 unspecified atom stereocenters. The summed E-state index contributed by atoms with van der Waals surface area (Å²) in [5.74, 6) is -1.55. The number of halogens is 2. The predicted molar refractivity (Wildman–Crippen MR) is 82.3 cm³/mol. The van der Waals surface area contributed by atoms with Crippen LogP contribution >= 0.6 is 0 Å². The zero-order chi connectivity index (χ0) is 15.2. The van der Waals surface area contributed by atoms with Crippen LogP contribution in [-0.4, -0.2) is 30.6 Å². The van der Waals surface area contributed by atoms with Gasteiger partial charge in [-0.3, -0.25) is 0 Å². The van der Waals surface area contributed by atoms with Crippen molar-refractivity contribution in [3.05, 3.63) is 35.4 Å². The number of likely N-dealkylation sites (tertiary alicyclic amines) is 1. The van der Waals surface area contributed by atoms with Crippen LogP contribution < -0.4 is 5.32 Å². The van der Waals surface area contributed by atoms with Gasteiger partial charge in [0.25, 0.3) is 0 Å². The van der Waals surface area contributed by atoms with Gasteiger partial charge in [-0.15, -0.1) is 0 Å². The first-order valence-corrected chi connectivity index (χ1v) is 8.03. The number of hydrogen-bond acceptors (Lipinski definition) is 2. The zero-order valence-corrected chi connectivity index (χ0v) is 13.0. The van der Waals surface area contributed by atoms with Crippen LogP contribution in [0.3, 0.4) is 0 Å². The summed E-state index contributed by atoms with van der Waals surface area (Å²) >= 11 is 0. The van der Waals surface area contributed by atoms with Gasteiger partial charge in [0.2, 0.25) is 0 Å². The fourth-order valence-electron chi connectivity index (χ4n) is 3.09. The van der Waals surface area contributed by atoms with E-state index in [1.807, 2.05) is 6.92 Å². The fourth-order valence-corrected chi connectivity index (χ4v) is 3.09. The normalized spacial score (nSPS) is 22.0. The van der Waals surface area contributed by atoms with Crippen molar-refractivity contribution in [2.75, 3.05) is 19.6 Å². The molecule has 1 saturated heterocycles. The van der Waals surface area contributed by atoms with E-state index < -0.39 is 11.6 Å². The Kier molecular flexibility index (Phi) is 6.12. The number of nitrogens with zero attached hydrogens (tertiary/aromatic N) is 1. The molecule has 0 aliphatic carbocycles. The topological polar surface area (TPSA) is 15.3 Å². The third-order valence-corrected chi connectivity index (χ3v) is 4.29. The van der Waals surface area contributed by atoms with Gasteiger partial charge in [-0.25, -0.2) is 8.78 Å². The number of hydrogen-bond donors (Lipinski definition) is 1. The molecule has 1 fully saturated rings. The lowest BCUT2D eigenvalue weighted by Crippen LogP contribution is -2.33. The molecule has 21 heavy (non-hydrogen) atoms. The average Bonchev–Trinajstić information content (AvgIpc) is 2.68. The highest BCUT2D eigenvalue weighted by atomic mass is 19.2. The second kappa shape index (κ2) is 7.85. The van der Waals surface area contributed by atoms with Crippen molar-refractivity contribution in [3.63, 3.8) is 0 Å². The van der Waals surface area contributed by atoms with Crippen LogP contribution in [0, 0.1) is 11.6 Å². The standard InChI is InChI=1S/C17H26F2N2/c1-3-9-21-10-4-5-15(8-11-21)20-13(2)14-6-7-16(18)17(19)12-14/h6-7,12-13,15,20H,3-5,8-11H2,1-2H3. The quantitative estimate of drug-likeness (QED) is 0.887. The number of nitrogens with one attached hydrogen (secondary N) is 1. The molecule has 4 heteroatoms. The Bertz CT molecular complexity index is 450.